The van der Waals surface area contributed by atoms with Crippen LogP contribution in [0.25, 0.3) is 0 Å². The number of rotatable bonds is 8. The second kappa shape index (κ2) is 7.96. The summed E-state index contributed by atoms with van der Waals surface area (Å²) in [4.78, 5) is 30.3. The molecule has 0 atom stereocenters. The van der Waals surface area contributed by atoms with Gasteiger partial charge in [0, 0.05) is 57.0 Å². The van der Waals surface area contributed by atoms with E-state index in [2.05, 4.69) is 21.8 Å². The van der Waals surface area contributed by atoms with Crippen LogP contribution in [0.2, 0.25) is 0 Å². The maximum absolute atomic E-state index is 12.2. The molecule has 0 saturated carbocycles. The number of amides is 2. The highest BCUT2D eigenvalue weighted by Crippen LogP contribution is 2.22. The lowest BCUT2D eigenvalue weighted by Crippen LogP contribution is -2.31. The first kappa shape index (κ1) is 17.2. The van der Waals surface area contributed by atoms with Gasteiger partial charge in [0.2, 0.25) is 5.91 Å². The first-order valence-corrected chi connectivity index (χ1v) is 8.83. The number of carbonyl (C=O) groups excluding carboxylic acids is 2. The monoisotopic (exact) mass is 340 g/mol. The fraction of sp³-hybridized carbons (Fsp3) is 0.421. The lowest BCUT2D eigenvalue weighted by Gasteiger charge is -2.15. The van der Waals surface area contributed by atoms with Crippen molar-refractivity contribution in [3.05, 3.63) is 53.6 Å². The molecule has 0 saturated heterocycles. The van der Waals surface area contributed by atoms with Gasteiger partial charge in [-0.05, 0) is 18.1 Å². The highest BCUT2D eigenvalue weighted by Gasteiger charge is 2.26. The van der Waals surface area contributed by atoms with Crippen LogP contribution in [0.3, 0.4) is 0 Å². The molecular weight excluding hydrogens is 316 g/mol. The Morgan fingerprint density at radius 3 is 2.92 bits per heavy atom. The fourth-order valence-electron chi connectivity index (χ4n) is 3.16. The molecule has 1 aromatic carbocycles. The number of aryl methyl sites for hydroxylation is 2. The Hall–Kier alpha value is -2.63. The van der Waals surface area contributed by atoms with E-state index < -0.39 is 0 Å². The van der Waals surface area contributed by atoms with Crippen LogP contribution in [0.5, 0.6) is 0 Å². The summed E-state index contributed by atoms with van der Waals surface area (Å²) in [5.41, 5.74) is 1.80. The van der Waals surface area contributed by atoms with Crippen LogP contribution in [0, 0.1) is 0 Å². The van der Waals surface area contributed by atoms with Crippen molar-refractivity contribution in [1.29, 1.82) is 0 Å². The molecule has 25 heavy (non-hydrogen) atoms. The average Bonchev–Trinajstić information content (AvgIpc) is 3.21. The minimum Gasteiger partial charge on any atom is -0.356 e. The molecule has 1 aliphatic rings. The SMILES string of the molecule is CCc1nccn1CCCNC(=O)CCN1Cc2ccccc2C1=O. The quantitative estimate of drug-likeness (QED) is 0.748. The largest absolute Gasteiger partial charge is 0.356 e. The first-order valence-electron chi connectivity index (χ1n) is 8.83. The fourth-order valence-corrected chi connectivity index (χ4v) is 3.16. The minimum atomic E-state index is -0.00916. The summed E-state index contributed by atoms with van der Waals surface area (Å²) in [6, 6.07) is 7.62. The van der Waals surface area contributed by atoms with Gasteiger partial charge in [-0.1, -0.05) is 25.1 Å². The highest BCUT2D eigenvalue weighted by atomic mass is 16.2. The standard InChI is InChI=1S/C19H24N4O2/c1-2-17-20-10-13-22(17)11-5-9-21-18(24)8-12-23-14-15-6-3-4-7-16(15)19(23)25/h3-4,6-7,10,13H,2,5,8-9,11-12,14H2,1H3,(H,21,24). The van der Waals surface area contributed by atoms with Crippen LogP contribution in [0.15, 0.2) is 36.7 Å². The average molecular weight is 340 g/mol. The Bertz CT molecular complexity index is 753. The molecule has 0 spiro atoms. The van der Waals surface area contributed by atoms with Gasteiger partial charge in [0.15, 0.2) is 0 Å². The minimum absolute atomic E-state index is 0.00916. The van der Waals surface area contributed by atoms with E-state index in [1.54, 1.807) is 4.90 Å². The van der Waals surface area contributed by atoms with Gasteiger partial charge in [-0.3, -0.25) is 9.59 Å². The van der Waals surface area contributed by atoms with Crippen LogP contribution in [-0.4, -0.2) is 39.4 Å². The van der Waals surface area contributed by atoms with E-state index in [-0.39, 0.29) is 11.8 Å². The Labute approximate surface area is 147 Å². The van der Waals surface area contributed by atoms with E-state index in [1.807, 2.05) is 36.7 Å². The summed E-state index contributed by atoms with van der Waals surface area (Å²) in [6.45, 7) is 4.62. The zero-order chi connectivity index (χ0) is 17.6. The van der Waals surface area contributed by atoms with E-state index in [4.69, 9.17) is 0 Å². The molecule has 2 amide bonds. The third kappa shape index (κ3) is 4.07. The molecule has 2 heterocycles. The van der Waals surface area contributed by atoms with Crippen molar-refractivity contribution in [2.75, 3.05) is 13.1 Å². The van der Waals surface area contributed by atoms with Crippen LogP contribution >= 0.6 is 0 Å². The maximum Gasteiger partial charge on any atom is 0.254 e. The van der Waals surface area contributed by atoms with Gasteiger partial charge in [-0.15, -0.1) is 0 Å². The lowest BCUT2D eigenvalue weighted by molar-refractivity contribution is -0.121. The molecule has 1 N–H and O–H groups in total. The number of imidazole rings is 1. The number of carbonyl (C=O) groups is 2. The number of fused-ring (bicyclic) bond motifs is 1. The highest BCUT2D eigenvalue weighted by molar-refractivity contribution is 5.98. The molecule has 0 radical (unpaired) electrons. The molecule has 3 rings (SSSR count). The van der Waals surface area contributed by atoms with Crippen molar-refractivity contribution in [1.82, 2.24) is 19.8 Å². The molecule has 6 heteroatoms. The molecule has 1 aromatic heterocycles. The maximum atomic E-state index is 12.2. The Morgan fingerprint density at radius 1 is 1.28 bits per heavy atom. The number of hydrogen-bond acceptors (Lipinski definition) is 3. The number of benzene rings is 1. The summed E-state index contributed by atoms with van der Waals surface area (Å²) in [7, 11) is 0. The zero-order valence-electron chi connectivity index (χ0n) is 14.6. The van der Waals surface area contributed by atoms with Crippen molar-refractivity contribution in [2.24, 2.45) is 0 Å². The Morgan fingerprint density at radius 2 is 2.12 bits per heavy atom. The summed E-state index contributed by atoms with van der Waals surface area (Å²) in [5.74, 6) is 1.08. The van der Waals surface area contributed by atoms with Crippen LogP contribution in [-0.2, 0) is 24.3 Å². The molecule has 132 valence electrons. The van der Waals surface area contributed by atoms with Crippen LogP contribution < -0.4 is 5.32 Å². The first-order chi connectivity index (χ1) is 12.2. The van der Waals surface area contributed by atoms with Gasteiger partial charge in [0.05, 0.1) is 0 Å². The van der Waals surface area contributed by atoms with Gasteiger partial charge in [0.25, 0.3) is 5.91 Å². The van der Waals surface area contributed by atoms with Crippen LogP contribution in [0.4, 0.5) is 0 Å². The van der Waals surface area contributed by atoms with E-state index >= 15 is 0 Å². The number of aromatic nitrogens is 2. The third-order valence-corrected chi connectivity index (χ3v) is 4.52. The number of nitrogens with zero attached hydrogens (tertiary/aromatic N) is 3. The molecule has 0 fully saturated rings. The number of nitrogens with one attached hydrogen (secondary N) is 1. The second-order valence-corrected chi connectivity index (χ2v) is 6.23. The smallest absolute Gasteiger partial charge is 0.254 e. The molecule has 0 bridgehead atoms. The molecular formula is C19H24N4O2. The summed E-state index contributed by atoms with van der Waals surface area (Å²) in [6.07, 6.45) is 5.89. The van der Waals surface area contributed by atoms with Gasteiger partial charge in [-0.2, -0.15) is 0 Å². The summed E-state index contributed by atoms with van der Waals surface area (Å²) in [5, 5.41) is 2.93. The Kier molecular flexibility index (Phi) is 5.48. The summed E-state index contributed by atoms with van der Waals surface area (Å²) >= 11 is 0. The van der Waals surface area contributed by atoms with E-state index in [9.17, 15) is 9.59 Å². The van der Waals surface area contributed by atoms with E-state index in [0.29, 0.717) is 26.1 Å². The molecule has 1 aliphatic heterocycles. The van der Waals surface area contributed by atoms with Gasteiger partial charge >= 0.3 is 0 Å². The van der Waals surface area contributed by atoms with Crippen molar-refractivity contribution >= 4 is 11.8 Å². The zero-order valence-corrected chi connectivity index (χ0v) is 14.6. The van der Waals surface area contributed by atoms with Gasteiger partial charge in [0.1, 0.15) is 5.82 Å². The molecule has 0 aliphatic carbocycles. The number of hydrogen-bond donors (Lipinski definition) is 1. The molecule has 2 aromatic rings. The van der Waals surface area contributed by atoms with E-state index in [1.165, 1.54) is 0 Å². The summed E-state index contributed by atoms with van der Waals surface area (Å²) < 4.78 is 2.12. The predicted molar refractivity (Wildman–Crippen MR) is 95.0 cm³/mol. The topological polar surface area (TPSA) is 67.2 Å². The Balaban J connectivity index is 1.36. The molecule has 6 nitrogen and oxygen atoms in total. The molecule has 0 unspecified atom stereocenters. The van der Waals surface area contributed by atoms with Crippen molar-refractivity contribution in [2.45, 2.75) is 39.3 Å². The van der Waals surface area contributed by atoms with Gasteiger partial charge < -0.3 is 14.8 Å². The third-order valence-electron chi connectivity index (χ3n) is 4.52. The van der Waals surface area contributed by atoms with Gasteiger partial charge in [-0.25, -0.2) is 4.98 Å². The van der Waals surface area contributed by atoms with E-state index in [0.717, 1.165) is 36.3 Å². The second-order valence-electron chi connectivity index (χ2n) is 6.23. The van der Waals surface area contributed by atoms with Crippen molar-refractivity contribution < 1.29 is 9.59 Å². The normalized spacial score (nSPS) is 13.2. The lowest BCUT2D eigenvalue weighted by atomic mass is 10.1. The van der Waals surface area contributed by atoms with Crippen molar-refractivity contribution in [3.63, 3.8) is 0 Å². The predicted octanol–water partition coefficient (Wildman–Crippen LogP) is 2.00. The van der Waals surface area contributed by atoms with Crippen molar-refractivity contribution in [3.8, 4) is 0 Å². The van der Waals surface area contributed by atoms with Crippen LogP contribution in [0.1, 0.15) is 41.5 Å².